The van der Waals surface area contributed by atoms with Crippen molar-refractivity contribution in [2.24, 2.45) is 5.92 Å². The van der Waals surface area contributed by atoms with Gasteiger partial charge in [0, 0.05) is 10.5 Å². The molecule has 0 heterocycles. The second kappa shape index (κ2) is 6.21. The summed E-state index contributed by atoms with van der Waals surface area (Å²) in [6.45, 7) is 0. The first-order valence-electron chi connectivity index (χ1n) is 6.33. The normalized spacial score (nSPS) is 18.5. The van der Waals surface area contributed by atoms with E-state index < -0.39 is 0 Å². The van der Waals surface area contributed by atoms with Gasteiger partial charge in [0.05, 0.1) is 5.02 Å². The molecule has 94 valence electrons. The molecule has 1 atom stereocenters. The van der Waals surface area contributed by atoms with Gasteiger partial charge in [-0.05, 0) is 53.0 Å². The predicted octanol–water partition coefficient (Wildman–Crippen LogP) is 4.94. The lowest BCUT2D eigenvalue weighted by molar-refractivity contribution is 0.413. The molecule has 0 aromatic heterocycles. The summed E-state index contributed by atoms with van der Waals surface area (Å²) >= 11 is 9.59. The molecule has 0 radical (unpaired) electrons. The van der Waals surface area contributed by atoms with E-state index >= 15 is 0 Å². The molecule has 3 heteroatoms. The van der Waals surface area contributed by atoms with Crippen molar-refractivity contribution in [2.45, 2.75) is 38.1 Å². The van der Waals surface area contributed by atoms with E-state index in [4.69, 9.17) is 11.6 Å². The van der Waals surface area contributed by atoms with Crippen LogP contribution in [0.4, 0.5) is 0 Å². The van der Waals surface area contributed by atoms with Crippen LogP contribution in [0.2, 0.25) is 5.02 Å². The van der Waals surface area contributed by atoms with Crippen molar-refractivity contribution < 1.29 is 0 Å². The zero-order valence-corrected chi connectivity index (χ0v) is 12.5. The Kier molecular flexibility index (Phi) is 4.89. The summed E-state index contributed by atoms with van der Waals surface area (Å²) in [7, 11) is 2.04. The molecule has 0 aliphatic heterocycles. The molecule has 17 heavy (non-hydrogen) atoms. The Hall–Kier alpha value is -0.0500. The van der Waals surface area contributed by atoms with Crippen LogP contribution in [0, 0.1) is 5.92 Å². The highest BCUT2D eigenvalue weighted by atomic mass is 79.9. The summed E-state index contributed by atoms with van der Waals surface area (Å²) in [5.74, 6) is 0.884. The summed E-state index contributed by atoms with van der Waals surface area (Å²) in [4.78, 5) is 0. The maximum absolute atomic E-state index is 6.16. The average molecular weight is 317 g/mol. The van der Waals surface area contributed by atoms with E-state index in [0.29, 0.717) is 6.04 Å². The number of hydrogen-bond donors (Lipinski definition) is 1. The van der Waals surface area contributed by atoms with Gasteiger partial charge in [-0.3, -0.25) is 0 Å². The monoisotopic (exact) mass is 315 g/mol. The van der Waals surface area contributed by atoms with Crippen molar-refractivity contribution in [1.29, 1.82) is 0 Å². The summed E-state index contributed by atoms with van der Waals surface area (Å²) in [6, 6.07) is 6.70. The quantitative estimate of drug-likeness (QED) is 0.829. The van der Waals surface area contributed by atoms with Crippen LogP contribution in [-0.2, 0) is 0 Å². The third-order valence-corrected chi connectivity index (χ3v) is 4.97. The molecule has 1 aromatic carbocycles. The van der Waals surface area contributed by atoms with Gasteiger partial charge in [-0.15, -0.1) is 0 Å². The third-order valence-electron chi connectivity index (χ3n) is 3.74. The maximum atomic E-state index is 6.16. The number of hydrogen-bond acceptors (Lipinski definition) is 1. The smallest absolute Gasteiger partial charge is 0.0551 e. The van der Waals surface area contributed by atoms with Crippen LogP contribution in [0.3, 0.4) is 0 Å². The van der Waals surface area contributed by atoms with Gasteiger partial charge in [0.1, 0.15) is 0 Å². The summed E-state index contributed by atoms with van der Waals surface area (Å²) in [5, 5.41) is 4.22. The first-order valence-corrected chi connectivity index (χ1v) is 7.50. The lowest BCUT2D eigenvalue weighted by atomic mass is 9.94. The van der Waals surface area contributed by atoms with Gasteiger partial charge in [-0.1, -0.05) is 43.4 Å². The minimum absolute atomic E-state index is 0.434. The molecule has 0 amide bonds. The van der Waals surface area contributed by atoms with Crippen LogP contribution >= 0.6 is 27.5 Å². The third kappa shape index (κ3) is 3.46. The Bertz CT molecular complexity index is 374. The SMILES string of the molecule is CNC(CC1CCCC1)c1ccc(Br)c(Cl)c1. The van der Waals surface area contributed by atoms with Gasteiger partial charge >= 0.3 is 0 Å². The summed E-state index contributed by atoms with van der Waals surface area (Å²) in [6.07, 6.45) is 6.82. The Balaban J connectivity index is 2.08. The molecule has 1 N–H and O–H groups in total. The number of nitrogens with one attached hydrogen (secondary N) is 1. The standard InChI is InChI=1S/C14H19BrClN/c1-17-14(8-10-4-2-3-5-10)11-6-7-12(15)13(16)9-11/h6-7,9-10,14,17H,2-5,8H2,1H3. The lowest BCUT2D eigenvalue weighted by Crippen LogP contribution is -2.19. The number of halogens is 2. The Morgan fingerprint density at radius 3 is 2.71 bits per heavy atom. The van der Waals surface area contributed by atoms with Gasteiger partial charge < -0.3 is 5.32 Å². The van der Waals surface area contributed by atoms with E-state index in [1.807, 2.05) is 13.1 Å². The molecule has 1 nitrogen and oxygen atoms in total. The van der Waals surface area contributed by atoms with Gasteiger partial charge in [0.2, 0.25) is 0 Å². The van der Waals surface area contributed by atoms with Crippen molar-refractivity contribution in [3.05, 3.63) is 33.3 Å². The molecule has 1 aliphatic rings. The van der Waals surface area contributed by atoms with Crippen molar-refractivity contribution >= 4 is 27.5 Å². The highest BCUT2D eigenvalue weighted by molar-refractivity contribution is 9.10. The van der Waals surface area contributed by atoms with Crippen LogP contribution < -0.4 is 5.32 Å². The Morgan fingerprint density at radius 2 is 2.12 bits per heavy atom. The van der Waals surface area contributed by atoms with E-state index in [9.17, 15) is 0 Å². The first kappa shape index (κ1) is 13.4. The van der Waals surface area contributed by atoms with Gasteiger partial charge in [0.15, 0.2) is 0 Å². The van der Waals surface area contributed by atoms with E-state index in [0.717, 1.165) is 15.4 Å². The molecule has 1 saturated carbocycles. The fourth-order valence-corrected chi connectivity index (χ4v) is 3.16. The van der Waals surface area contributed by atoms with Gasteiger partial charge in [-0.25, -0.2) is 0 Å². The van der Waals surface area contributed by atoms with Crippen molar-refractivity contribution in [3.8, 4) is 0 Å². The van der Waals surface area contributed by atoms with Crippen LogP contribution in [0.1, 0.15) is 43.7 Å². The number of rotatable bonds is 4. The average Bonchev–Trinajstić information content (AvgIpc) is 2.82. The molecule has 2 rings (SSSR count). The summed E-state index contributed by atoms with van der Waals surface area (Å²) in [5.41, 5.74) is 1.30. The highest BCUT2D eigenvalue weighted by Crippen LogP contribution is 2.34. The zero-order valence-electron chi connectivity index (χ0n) is 10.2. The van der Waals surface area contributed by atoms with Crippen molar-refractivity contribution in [2.75, 3.05) is 7.05 Å². The Morgan fingerprint density at radius 1 is 1.41 bits per heavy atom. The maximum Gasteiger partial charge on any atom is 0.0551 e. The summed E-state index contributed by atoms with van der Waals surface area (Å²) < 4.78 is 0.971. The lowest BCUT2D eigenvalue weighted by Gasteiger charge is -2.21. The fourth-order valence-electron chi connectivity index (χ4n) is 2.73. The van der Waals surface area contributed by atoms with E-state index in [1.165, 1.54) is 37.7 Å². The fraction of sp³-hybridized carbons (Fsp3) is 0.571. The van der Waals surface area contributed by atoms with Crippen LogP contribution in [0.25, 0.3) is 0 Å². The zero-order chi connectivity index (χ0) is 12.3. The van der Waals surface area contributed by atoms with Gasteiger partial charge in [-0.2, -0.15) is 0 Å². The van der Waals surface area contributed by atoms with Crippen molar-refractivity contribution in [1.82, 2.24) is 5.32 Å². The molecule has 1 fully saturated rings. The van der Waals surface area contributed by atoms with E-state index in [-0.39, 0.29) is 0 Å². The molecule has 0 saturated heterocycles. The Labute approximate surface area is 117 Å². The van der Waals surface area contributed by atoms with Crippen molar-refractivity contribution in [3.63, 3.8) is 0 Å². The largest absolute Gasteiger partial charge is 0.313 e. The number of benzene rings is 1. The molecule has 0 spiro atoms. The second-order valence-corrected chi connectivity index (χ2v) is 6.16. The van der Waals surface area contributed by atoms with Gasteiger partial charge in [0.25, 0.3) is 0 Å². The molecule has 1 aromatic rings. The van der Waals surface area contributed by atoms with E-state index in [1.54, 1.807) is 0 Å². The highest BCUT2D eigenvalue weighted by Gasteiger charge is 2.20. The molecular weight excluding hydrogens is 298 g/mol. The topological polar surface area (TPSA) is 12.0 Å². The van der Waals surface area contributed by atoms with Crippen LogP contribution in [0.15, 0.2) is 22.7 Å². The molecule has 0 bridgehead atoms. The minimum Gasteiger partial charge on any atom is -0.313 e. The molecule has 1 unspecified atom stereocenters. The molecule has 1 aliphatic carbocycles. The first-order chi connectivity index (χ1) is 8.20. The predicted molar refractivity (Wildman–Crippen MR) is 77.5 cm³/mol. The van der Waals surface area contributed by atoms with Crippen LogP contribution in [-0.4, -0.2) is 7.05 Å². The minimum atomic E-state index is 0.434. The van der Waals surface area contributed by atoms with E-state index in [2.05, 4.69) is 33.4 Å². The second-order valence-electron chi connectivity index (χ2n) is 4.90. The molecular formula is C14H19BrClN. The van der Waals surface area contributed by atoms with Crippen LogP contribution in [0.5, 0.6) is 0 Å².